The van der Waals surface area contributed by atoms with Crippen LogP contribution in [0.25, 0.3) is 0 Å². The Morgan fingerprint density at radius 1 is 1.24 bits per heavy atom. The Balaban J connectivity index is 1.70. The molecule has 1 aromatic carbocycles. The van der Waals surface area contributed by atoms with Crippen molar-refractivity contribution in [2.45, 2.75) is 19.8 Å². The van der Waals surface area contributed by atoms with Gasteiger partial charge in [-0.25, -0.2) is 0 Å². The fourth-order valence-corrected chi connectivity index (χ4v) is 1.96. The van der Waals surface area contributed by atoms with Gasteiger partial charge in [-0.15, -0.1) is 5.10 Å². The molecule has 0 atom stereocenters. The summed E-state index contributed by atoms with van der Waals surface area (Å²) in [6, 6.07) is 5.79. The lowest BCUT2D eigenvalue weighted by atomic mass is 10.1. The lowest BCUT2D eigenvalue weighted by Crippen LogP contribution is -2.15. The molecular formula is C14H15N3O4. The Morgan fingerprint density at radius 3 is 2.86 bits per heavy atom. The molecule has 0 fully saturated rings. The molecule has 1 amide bonds. The standard InChI is InChI=1S/C14H15N3O4/c1-2-12(18)15-14-17-16-13(21-14)8-9-3-4-10-11(7-9)20-6-5-19-10/h3-4,7H,2,5-6,8H2,1H3,(H,15,17,18). The summed E-state index contributed by atoms with van der Waals surface area (Å²) in [6.45, 7) is 2.86. The van der Waals surface area contributed by atoms with Crippen molar-refractivity contribution < 1.29 is 18.7 Å². The number of amides is 1. The van der Waals surface area contributed by atoms with Gasteiger partial charge in [-0.05, 0) is 17.7 Å². The number of nitrogens with one attached hydrogen (secondary N) is 1. The highest BCUT2D eigenvalue weighted by Crippen LogP contribution is 2.31. The number of nitrogens with zero attached hydrogens (tertiary/aromatic N) is 2. The first-order chi connectivity index (χ1) is 10.2. The zero-order valence-corrected chi connectivity index (χ0v) is 11.6. The molecule has 1 aliphatic rings. The molecule has 0 spiro atoms. The first-order valence-corrected chi connectivity index (χ1v) is 6.75. The molecular weight excluding hydrogens is 274 g/mol. The third kappa shape index (κ3) is 3.13. The molecule has 0 saturated heterocycles. The van der Waals surface area contributed by atoms with Crippen LogP contribution in [0.5, 0.6) is 11.5 Å². The second-order valence-electron chi connectivity index (χ2n) is 4.56. The number of hydrogen-bond acceptors (Lipinski definition) is 6. The topological polar surface area (TPSA) is 86.5 Å². The Bertz CT molecular complexity index is 653. The van der Waals surface area contributed by atoms with E-state index in [1.54, 1.807) is 6.92 Å². The van der Waals surface area contributed by atoms with Crippen molar-refractivity contribution in [3.63, 3.8) is 0 Å². The Morgan fingerprint density at radius 2 is 2.05 bits per heavy atom. The summed E-state index contributed by atoms with van der Waals surface area (Å²) < 4.78 is 16.4. The maximum Gasteiger partial charge on any atom is 0.322 e. The molecule has 110 valence electrons. The van der Waals surface area contributed by atoms with Gasteiger partial charge < -0.3 is 13.9 Å². The highest BCUT2D eigenvalue weighted by atomic mass is 16.6. The number of aromatic nitrogens is 2. The average Bonchev–Trinajstić information content (AvgIpc) is 2.94. The van der Waals surface area contributed by atoms with Crippen LogP contribution in [0.4, 0.5) is 6.01 Å². The Hall–Kier alpha value is -2.57. The van der Waals surface area contributed by atoms with E-state index in [9.17, 15) is 4.79 Å². The highest BCUT2D eigenvalue weighted by molar-refractivity contribution is 5.88. The van der Waals surface area contributed by atoms with Gasteiger partial charge in [0.1, 0.15) is 13.2 Å². The van der Waals surface area contributed by atoms with Gasteiger partial charge >= 0.3 is 6.01 Å². The maximum atomic E-state index is 11.2. The summed E-state index contributed by atoms with van der Waals surface area (Å²) in [7, 11) is 0. The highest BCUT2D eigenvalue weighted by Gasteiger charge is 2.14. The normalized spacial score (nSPS) is 13.0. The van der Waals surface area contributed by atoms with Gasteiger partial charge in [-0.3, -0.25) is 10.1 Å². The predicted octanol–water partition coefficient (Wildman–Crippen LogP) is 1.78. The monoisotopic (exact) mass is 289 g/mol. The Kier molecular flexibility index (Phi) is 3.72. The minimum atomic E-state index is -0.162. The molecule has 1 aromatic heterocycles. The van der Waals surface area contributed by atoms with Crippen LogP contribution in [0.3, 0.4) is 0 Å². The molecule has 0 radical (unpaired) electrons. The van der Waals surface area contributed by atoms with Crippen LogP contribution in [0, 0.1) is 0 Å². The van der Waals surface area contributed by atoms with Gasteiger partial charge in [0.15, 0.2) is 11.5 Å². The van der Waals surface area contributed by atoms with E-state index in [0.29, 0.717) is 31.9 Å². The van der Waals surface area contributed by atoms with E-state index in [1.165, 1.54) is 0 Å². The molecule has 1 N–H and O–H groups in total. The van der Waals surface area contributed by atoms with E-state index in [2.05, 4.69) is 15.5 Å². The summed E-state index contributed by atoms with van der Waals surface area (Å²) >= 11 is 0. The number of rotatable bonds is 4. The van der Waals surface area contributed by atoms with Crippen molar-refractivity contribution in [3.8, 4) is 11.5 Å². The smallest absolute Gasteiger partial charge is 0.322 e. The third-order valence-electron chi connectivity index (χ3n) is 3.00. The molecule has 7 nitrogen and oxygen atoms in total. The molecule has 0 saturated carbocycles. The lowest BCUT2D eigenvalue weighted by Gasteiger charge is -2.18. The zero-order valence-electron chi connectivity index (χ0n) is 11.6. The molecule has 0 aliphatic carbocycles. The van der Waals surface area contributed by atoms with Crippen molar-refractivity contribution in [2.75, 3.05) is 18.5 Å². The van der Waals surface area contributed by atoms with Gasteiger partial charge in [-0.1, -0.05) is 18.1 Å². The third-order valence-corrected chi connectivity index (χ3v) is 3.00. The number of anilines is 1. The minimum absolute atomic E-state index is 0.120. The van der Waals surface area contributed by atoms with E-state index in [4.69, 9.17) is 13.9 Å². The number of carbonyl (C=O) groups is 1. The van der Waals surface area contributed by atoms with Crippen molar-refractivity contribution in [1.82, 2.24) is 10.2 Å². The molecule has 7 heteroatoms. The van der Waals surface area contributed by atoms with E-state index in [0.717, 1.165) is 17.1 Å². The van der Waals surface area contributed by atoms with E-state index in [1.807, 2.05) is 18.2 Å². The number of benzene rings is 1. The molecule has 21 heavy (non-hydrogen) atoms. The second kappa shape index (κ2) is 5.82. The molecule has 2 aromatic rings. The van der Waals surface area contributed by atoms with Crippen molar-refractivity contribution >= 4 is 11.9 Å². The summed E-state index contributed by atoms with van der Waals surface area (Å²) in [5.74, 6) is 1.73. The number of carbonyl (C=O) groups excluding carboxylic acids is 1. The largest absolute Gasteiger partial charge is 0.486 e. The Labute approximate surface area is 121 Å². The first-order valence-electron chi connectivity index (χ1n) is 6.75. The van der Waals surface area contributed by atoms with E-state index in [-0.39, 0.29) is 11.9 Å². The molecule has 3 rings (SSSR count). The predicted molar refractivity (Wildman–Crippen MR) is 73.5 cm³/mol. The van der Waals surface area contributed by atoms with Gasteiger partial charge in [-0.2, -0.15) is 0 Å². The van der Waals surface area contributed by atoms with Gasteiger partial charge in [0, 0.05) is 6.42 Å². The quantitative estimate of drug-likeness (QED) is 0.923. The van der Waals surface area contributed by atoms with Crippen LogP contribution in [-0.4, -0.2) is 29.3 Å². The van der Waals surface area contributed by atoms with Crippen molar-refractivity contribution in [3.05, 3.63) is 29.7 Å². The van der Waals surface area contributed by atoms with Crippen molar-refractivity contribution in [2.24, 2.45) is 0 Å². The van der Waals surface area contributed by atoms with Gasteiger partial charge in [0.05, 0.1) is 6.42 Å². The fraction of sp³-hybridized carbons (Fsp3) is 0.357. The molecule has 0 unspecified atom stereocenters. The zero-order chi connectivity index (χ0) is 14.7. The van der Waals surface area contributed by atoms with Crippen LogP contribution in [0.15, 0.2) is 22.6 Å². The van der Waals surface area contributed by atoms with Crippen LogP contribution in [0.1, 0.15) is 24.8 Å². The summed E-state index contributed by atoms with van der Waals surface area (Å²) in [6.07, 6.45) is 0.825. The molecule has 0 bridgehead atoms. The molecule has 2 heterocycles. The van der Waals surface area contributed by atoms with E-state index >= 15 is 0 Å². The van der Waals surface area contributed by atoms with Crippen molar-refractivity contribution in [1.29, 1.82) is 0 Å². The second-order valence-corrected chi connectivity index (χ2v) is 4.56. The maximum absolute atomic E-state index is 11.2. The number of ether oxygens (including phenoxy) is 2. The van der Waals surface area contributed by atoms with Gasteiger partial charge in [0.25, 0.3) is 0 Å². The summed E-state index contributed by atoms with van der Waals surface area (Å²) in [5.41, 5.74) is 0.969. The average molecular weight is 289 g/mol. The fourth-order valence-electron chi connectivity index (χ4n) is 1.96. The summed E-state index contributed by atoms with van der Waals surface area (Å²) in [4.78, 5) is 11.2. The van der Waals surface area contributed by atoms with Crippen LogP contribution in [-0.2, 0) is 11.2 Å². The van der Waals surface area contributed by atoms with E-state index < -0.39 is 0 Å². The van der Waals surface area contributed by atoms with Crippen LogP contribution in [0.2, 0.25) is 0 Å². The minimum Gasteiger partial charge on any atom is -0.486 e. The lowest BCUT2D eigenvalue weighted by molar-refractivity contribution is -0.116. The van der Waals surface area contributed by atoms with Crippen LogP contribution < -0.4 is 14.8 Å². The van der Waals surface area contributed by atoms with Gasteiger partial charge in [0.2, 0.25) is 11.8 Å². The number of fused-ring (bicyclic) bond motifs is 1. The summed E-state index contributed by atoms with van der Waals surface area (Å²) in [5, 5.41) is 10.2. The number of hydrogen-bond donors (Lipinski definition) is 1. The molecule has 1 aliphatic heterocycles. The van der Waals surface area contributed by atoms with Crippen LogP contribution >= 0.6 is 0 Å². The SMILES string of the molecule is CCC(=O)Nc1nnc(Cc2ccc3c(c2)OCCO3)o1. The first kappa shape index (κ1) is 13.4.